The predicted molar refractivity (Wildman–Crippen MR) is 62.7 cm³/mol. The maximum absolute atomic E-state index is 5.54. The number of hydrogen-bond acceptors (Lipinski definition) is 5. The van der Waals surface area contributed by atoms with Crippen LogP contribution in [-0.2, 0) is 6.54 Å². The summed E-state index contributed by atoms with van der Waals surface area (Å²) in [6.07, 6.45) is 5.11. The van der Waals surface area contributed by atoms with E-state index in [2.05, 4.69) is 20.3 Å². The summed E-state index contributed by atoms with van der Waals surface area (Å²) >= 11 is 0. The normalized spacial score (nSPS) is 10.1. The summed E-state index contributed by atoms with van der Waals surface area (Å²) in [5.74, 6) is 0.775. The molecule has 2 aromatic rings. The second kappa shape index (κ2) is 4.57. The van der Waals surface area contributed by atoms with E-state index < -0.39 is 0 Å². The van der Waals surface area contributed by atoms with Crippen LogP contribution < -0.4 is 11.1 Å². The van der Waals surface area contributed by atoms with Crippen LogP contribution in [0.4, 0.5) is 11.5 Å². The van der Waals surface area contributed by atoms with E-state index >= 15 is 0 Å². The van der Waals surface area contributed by atoms with Gasteiger partial charge in [-0.3, -0.25) is 9.97 Å². The summed E-state index contributed by atoms with van der Waals surface area (Å²) < 4.78 is 0. The minimum Gasteiger partial charge on any atom is -0.397 e. The van der Waals surface area contributed by atoms with Gasteiger partial charge in [-0.15, -0.1) is 0 Å². The molecule has 5 heteroatoms. The smallest absolute Gasteiger partial charge is 0.126 e. The molecule has 2 aromatic heterocycles. The average Bonchev–Trinajstić information content (AvgIpc) is 2.30. The number of aryl methyl sites for hydroxylation is 1. The minimum atomic E-state index is 0.601. The molecule has 0 unspecified atom stereocenters. The Kier molecular flexibility index (Phi) is 2.95. The summed E-state index contributed by atoms with van der Waals surface area (Å²) in [7, 11) is 0. The Morgan fingerprint density at radius 1 is 1.12 bits per heavy atom. The lowest BCUT2D eigenvalue weighted by atomic mass is 10.4. The Balaban J connectivity index is 1.97. The van der Waals surface area contributed by atoms with Crippen molar-refractivity contribution in [1.82, 2.24) is 15.0 Å². The van der Waals surface area contributed by atoms with Crippen molar-refractivity contribution in [1.29, 1.82) is 0 Å². The fourth-order valence-electron chi connectivity index (χ4n) is 1.20. The first-order chi connectivity index (χ1) is 7.74. The monoisotopic (exact) mass is 215 g/mol. The van der Waals surface area contributed by atoms with Gasteiger partial charge in [0.2, 0.25) is 0 Å². The summed E-state index contributed by atoms with van der Waals surface area (Å²) in [4.78, 5) is 12.5. The third-order valence-electron chi connectivity index (χ3n) is 2.07. The highest BCUT2D eigenvalue weighted by molar-refractivity contribution is 5.43. The third kappa shape index (κ3) is 2.66. The van der Waals surface area contributed by atoms with Crippen LogP contribution in [0.3, 0.4) is 0 Å². The minimum absolute atomic E-state index is 0.601. The van der Waals surface area contributed by atoms with Gasteiger partial charge in [0, 0.05) is 6.20 Å². The van der Waals surface area contributed by atoms with Crippen molar-refractivity contribution in [2.24, 2.45) is 0 Å². The molecule has 3 N–H and O–H groups in total. The van der Waals surface area contributed by atoms with Crippen molar-refractivity contribution in [2.75, 3.05) is 11.1 Å². The Labute approximate surface area is 93.8 Å². The van der Waals surface area contributed by atoms with Crippen LogP contribution in [0.1, 0.15) is 11.4 Å². The molecule has 2 rings (SSSR count). The molecule has 5 nitrogen and oxygen atoms in total. The largest absolute Gasteiger partial charge is 0.397 e. The number of aromatic nitrogens is 3. The lowest BCUT2D eigenvalue weighted by molar-refractivity contribution is 0.977. The van der Waals surface area contributed by atoms with Gasteiger partial charge in [-0.05, 0) is 19.1 Å². The second-order valence-corrected chi connectivity index (χ2v) is 3.48. The zero-order valence-electron chi connectivity index (χ0n) is 9.01. The highest BCUT2D eigenvalue weighted by atomic mass is 15.0. The summed E-state index contributed by atoms with van der Waals surface area (Å²) in [5.41, 5.74) is 7.98. The van der Waals surface area contributed by atoms with Crippen LogP contribution in [0.5, 0.6) is 0 Å². The van der Waals surface area contributed by atoms with Crippen LogP contribution in [0.15, 0.2) is 30.7 Å². The number of hydrogen-bond donors (Lipinski definition) is 2. The molecule has 0 saturated heterocycles. The van der Waals surface area contributed by atoms with Gasteiger partial charge in [0.25, 0.3) is 0 Å². The number of nitrogens with zero attached hydrogens (tertiary/aromatic N) is 3. The number of nitrogens with one attached hydrogen (secondary N) is 1. The molecular formula is C11H13N5. The quantitative estimate of drug-likeness (QED) is 0.808. The van der Waals surface area contributed by atoms with E-state index in [9.17, 15) is 0 Å². The Morgan fingerprint density at radius 2 is 2.00 bits per heavy atom. The molecule has 0 aliphatic heterocycles. The molecule has 82 valence electrons. The fourth-order valence-corrected chi connectivity index (χ4v) is 1.20. The highest BCUT2D eigenvalue weighted by Crippen LogP contribution is 2.06. The van der Waals surface area contributed by atoms with Gasteiger partial charge in [0.15, 0.2) is 0 Å². The van der Waals surface area contributed by atoms with E-state index in [-0.39, 0.29) is 0 Å². The molecule has 0 spiro atoms. The van der Waals surface area contributed by atoms with E-state index in [1.807, 2.05) is 13.0 Å². The van der Waals surface area contributed by atoms with Crippen LogP contribution in [0.2, 0.25) is 0 Å². The van der Waals surface area contributed by atoms with Crippen LogP contribution in [0.25, 0.3) is 0 Å². The fraction of sp³-hybridized carbons (Fsp3) is 0.182. The third-order valence-corrected chi connectivity index (χ3v) is 2.07. The first-order valence-electron chi connectivity index (χ1n) is 4.97. The Hall–Kier alpha value is -2.17. The molecule has 0 fully saturated rings. The number of nitrogen functional groups attached to an aromatic ring is 1. The molecule has 0 saturated carbocycles. The van der Waals surface area contributed by atoms with Crippen LogP contribution in [0, 0.1) is 6.92 Å². The highest BCUT2D eigenvalue weighted by Gasteiger charge is 1.96. The van der Waals surface area contributed by atoms with Crippen LogP contribution >= 0.6 is 0 Å². The number of nitrogens with two attached hydrogens (primary N) is 1. The number of anilines is 2. The van der Waals surface area contributed by atoms with E-state index in [0.29, 0.717) is 12.2 Å². The molecule has 2 heterocycles. The molecule has 0 aliphatic rings. The van der Waals surface area contributed by atoms with Crippen molar-refractivity contribution >= 4 is 11.5 Å². The van der Waals surface area contributed by atoms with Crippen molar-refractivity contribution in [3.05, 3.63) is 42.1 Å². The zero-order valence-corrected chi connectivity index (χ0v) is 9.01. The van der Waals surface area contributed by atoms with Gasteiger partial charge in [-0.25, -0.2) is 4.98 Å². The first kappa shape index (κ1) is 10.4. The molecule has 0 bridgehead atoms. The second-order valence-electron chi connectivity index (χ2n) is 3.48. The summed E-state index contributed by atoms with van der Waals surface area (Å²) in [6.45, 7) is 2.51. The molecule has 16 heavy (non-hydrogen) atoms. The van der Waals surface area contributed by atoms with Crippen molar-refractivity contribution in [3.8, 4) is 0 Å². The SMILES string of the molecule is Cc1cnc(CNc2ccc(N)cn2)cn1. The standard InChI is InChI=1S/C11H13N5/c1-8-4-14-10(6-13-8)7-16-11-3-2-9(12)5-15-11/h2-6H,7,12H2,1H3,(H,15,16). The van der Waals surface area contributed by atoms with Crippen molar-refractivity contribution in [2.45, 2.75) is 13.5 Å². The molecule has 0 aliphatic carbocycles. The van der Waals surface area contributed by atoms with Gasteiger partial charge in [-0.1, -0.05) is 0 Å². The molecule has 0 atom stereocenters. The van der Waals surface area contributed by atoms with Gasteiger partial charge < -0.3 is 11.1 Å². The van der Waals surface area contributed by atoms with Gasteiger partial charge in [0.05, 0.1) is 36.0 Å². The molecule has 0 aromatic carbocycles. The van der Waals surface area contributed by atoms with Gasteiger partial charge >= 0.3 is 0 Å². The molecule has 0 amide bonds. The molecular weight excluding hydrogens is 202 g/mol. The average molecular weight is 215 g/mol. The lowest BCUT2D eigenvalue weighted by Crippen LogP contribution is -2.04. The predicted octanol–water partition coefficient (Wildman–Crippen LogP) is 1.37. The maximum Gasteiger partial charge on any atom is 0.126 e. The van der Waals surface area contributed by atoms with Gasteiger partial charge in [-0.2, -0.15) is 0 Å². The van der Waals surface area contributed by atoms with Crippen molar-refractivity contribution in [3.63, 3.8) is 0 Å². The lowest BCUT2D eigenvalue weighted by Gasteiger charge is -2.04. The number of rotatable bonds is 3. The Bertz CT molecular complexity index is 403. The van der Waals surface area contributed by atoms with Crippen molar-refractivity contribution < 1.29 is 0 Å². The first-order valence-corrected chi connectivity index (χ1v) is 4.97. The molecule has 0 radical (unpaired) electrons. The van der Waals surface area contributed by atoms with Crippen LogP contribution in [-0.4, -0.2) is 15.0 Å². The van der Waals surface area contributed by atoms with Gasteiger partial charge in [0.1, 0.15) is 5.82 Å². The van der Waals surface area contributed by atoms with E-state index in [0.717, 1.165) is 17.2 Å². The summed E-state index contributed by atoms with van der Waals surface area (Å²) in [5, 5.41) is 3.14. The van der Waals surface area contributed by atoms with E-state index in [1.165, 1.54) is 0 Å². The van der Waals surface area contributed by atoms with E-state index in [4.69, 9.17) is 5.73 Å². The summed E-state index contributed by atoms with van der Waals surface area (Å²) in [6, 6.07) is 3.63. The maximum atomic E-state index is 5.54. The zero-order chi connectivity index (χ0) is 11.4. The Morgan fingerprint density at radius 3 is 2.62 bits per heavy atom. The topological polar surface area (TPSA) is 76.7 Å². The van der Waals surface area contributed by atoms with E-state index in [1.54, 1.807) is 24.7 Å². The number of pyridine rings is 1.